The molecule has 10 heteroatoms. The van der Waals surface area contributed by atoms with Gasteiger partial charge in [0.1, 0.15) is 0 Å². The van der Waals surface area contributed by atoms with Crippen molar-refractivity contribution in [2.24, 2.45) is 0 Å². The second-order valence-electron chi connectivity index (χ2n) is 7.58. The first-order valence-electron chi connectivity index (χ1n) is 10.3. The number of thiophene rings is 1. The second-order valence-corrected chi connectivity index (χ2v) is 8.53. The van der Waals surface area contributed by atoms with Crippen LogP contribution in [0, 0.1) is 0 Å². The van der Waals surface area contributed by atoms with Gasteiger partial charge in [-0.1, -0.05) is 6.07 Å². The number of aryl methyl sites for hydroxylation is 1. The fraction of sp³-hybridized carbons (Fsp3) is 0.261. The number of amides is 1. The largest absolute Gasteiger partial charge is 0.503 e. The maximum Gasteiger partial charge on any atom is 0.290 e. The Morgan fingerprint density at radius 1 is 1.33 bits per heavy atom. The van der Waals surface area contributed by atoms with Crippen LogP contribution in [0.25, 0.3) is 0 Å². The molecule has 4 heterocycles. The van der Waals surface area contributed by atoms with E-state index < -0.39 is 17.7 Å². The number of fused-ring (bicyclic) bond motifs is 1. The van der Waals surface area contributed by atoms with Crippen molar-refractivity contribution < 1.29 is 28.9 Å². The van der Waals surface area contributed by atoms with E-state index in [9.17, 15) is 14.7 Å². The summed E-state index contributed by atoms with van der Waals surface area (Å²) in [5.41, 5.74) is 0.641. The van der Waals surface area contributed by atoms with Crippen molar-refractivity contribution in [1.29, 1.82) is 0 Å². The van der Waals surface area contributed by atoms with Crippen LogP contribution in [0.15, 0.2) is 59.7 Å². The van der Waals surface area contributed by atoms with E-state index in [-0.39, 0.29) is 18.1 Å². The molecule has 0 fully saturated rings. The molecular weight excluding hydrogens is 446 g/mol. The fourth-order valence-electron chi connectivity index (χ4n) is 4.15. The Morgan fingerprint density at radius 2 is 2.21 bits per heavy atom. The Labute approximate surface area is 193 Å². The molecule has 1 N–H and O–H groups in total. The van der Waals surface area contributed by atoms with Crippen molar-refractivity contribution in [2.75, 3.05) is 20.4 Å². The minimum Gasteiger partial charge on any atom is -0.503 e. The van der Waals surface area contributed by atoms with Crippen LogP contribution in [-0.4, -0.2) is 51.7 Å². The number of carbonyl (C=O) groups excluding carboxylic acids is 2. The third kappa shape index (κ3) is 3.72. The summed E-state index contributed by atoms with van der Waals surface area (Å²) in [6.45, 7) is 1.01. The van der Waals surface area contributed by atoms with Crippen LogP contribution in [0.3, 0.4) is 0 Å². The van der Waals surface area contributed by atoms with Gasteiger partial charge in [-0.2, -0.15) is 0 Å². The quantitative estimate of drug-likeness (QED) is 0.507. The average molecular weight is 468 g/mol. The van der Waals surface area contributed by atoms with Gasteiger partial charge in [-0.3, -0.25) is 9.59 Å². The average Bonchev–Trinajstić information content (AvgIpc) is 3.62. The van der Waals surface area contributed by atoms with Crippen LogP contribution in [0.1, 0.15) is 27.7 Å². The molecule has 2 aliphatic heterocycles. The lowest BCUT2D eigenvalue weighted by Crippen LogP contribution is -2.32. The highest BCUT2D eigenvalue weighted by Gasteiger charge is 2.44. The highest BCUT2D eigenvalue weighted by atomic mass is 32.1. The number of nitrogens with zero attached hydrogens (tertiary/aromatic N) is 3. The predicted molar refractivity (Wildman–Crippen MR) is 119 cm³/mol. The van der Waals surface area contributed by atoms with Gasteiger partial charge in [0.15, 0.2) is 17.3 Å². The predicted octanol–water partition coefficient (Wildman–Crippen LogP) is 3.35. The van der Waals surface area contributed by atoms with Gasteiger partial charge in [0, 0.05) is 25.5 Å². The number of methoxy groups -OCH3 is 1. The maximum atomic E-state index is 13.4. The van der Waals surface area contributed by atoms with Gasteiger partial charge in [0.25, 0.3) is 5.91 Å². The van der Waals surface area contributed by atoms with Crippen LogP contribution in [0.2, 0.25) is 0 Å². The number of imidazole rings is 1. The molecule has 0 bridgehead atoms. The highest BCUT2D eigenvalue weighted by Crippen LogP contribution is 2.47. The van der Waals surface area contributed by atoms with Gasteiger partial charge in [-0.05, 0) is 35.6 Å². The van der Waals surface area contributed by atoms with Gasteiger partial charge >= 0.3 is 0 Å². The Morgan fingerprint density at radius 3 is 2.94 bits per heavy atom. The van der Waals surface area contributed by atoms with Gasteiger partial charge in [-0.25, -0.2) is 4.98 Å². The third-order valence-corrected chi connectivity index (χ3v) is 6.53. The lowest BCUT2D eigenvalue weighted by Gasteiger charge is -2.27. The molecular formula is C23H21N3O6S. The fourth-order valence-corrected chi connectivity index (χ4v) is 4.83. The number of Topliss-reactive ketones (excluding diaryl/α,β-unsaturated/α-hetero) is 1. The molecule has 0 spiro atoms. The van der Waals surface area contributed by atoms with E-state index in [0.717, 1.165) is 0 Å². The van der Waals surface area contributed by atoms with Crippen LogP contribution in [-0.2, 0) is 11.3 Å². The molecule has 1 amide bonds. The lowest BCUT2D eigenvalue weighted by molar-refractivity contribution is -0.129. The molecule has 0 saturated heterocycles. The number of aliphatic hydroxyl groups excluding tert-OH is 1. The number of ketones is 1. The zero-order valence-electron chi connectivity index (χ0n) is 17.8. The standard InChI is InChI=1S/C23H21N3O6S/c1-30-15-10-14(11-16-22(15)32-13-31-16)19-18(20(27)17-4-2-9-33-17)21(28)23(29)26(19)7-3-6-25-8-5-24-12-25/h2,4-5,8-12,19,28H,3,6-7,13H2,1H3/t19-/m1/s1. The van der Waals surface area contributed by atoms with E-state index in [1.807, 2.05) is 10.8 Å². The van der Waals surface area contributed by atoms with Crippen LogP contribution in [0.4, 0.5) is 0 Å². The minimum absolute atomic E-state index is 0.0472. The minimum atomic E-state index is -0.793. The number of rotatable bonds is 8. The summed E-state index contributed by atoms with van der Waals surface area (Å²) in [4.78, 5) is 32.5. The molecule has 1 aromatic carbocycles. The first-order chi connectivity index (χ1) is 16.1. The number of aliphatic hydroxyl groups is 1. The number of ether oxygens (including phenoxy) is 3. The van der Waals surface area contributed by atoms with E-state index in [1.165, 1.54) is 23.3 Å². The highest BCUT2D eigenvalue weighted by molar-refractivity contribution is 7.12. The van der Waals surface area contributed by atoms with Crippen LogP contribution < -0.4 is 14.2 Å². The van der Waals surface area contributed by atoms with Crippen molar-refractivity contribution in [2.45, 2.75) is 19.0 Å². The van der Waals surface area contributed by atoms with Gasteiger partial charge in [-0.15, -0.1) is 11.3 Å². The van der Waals surface area contributed by atoms with E-state index in [2.05, 4.69) is 4.98 Å². The zero-order chi connectivity index (χ0) is 22.9. The Balaban J connectivity index is 1.54. The molecule has 1 atom stereocenters. The molecule has 3 aromatic rings. The summed E-state index contributed by atoms with van der Waals surface area (Å²) in [5.74, 6) is -0.129. The summed E-state index contributed by atoms with van der Waals surface area (Å²) in [6, 6.07) is 6.09. The summed E-state index contributed by atoms with van der Waals surface area (Å²) >= 11 is 1.26. The van der Waals surface area contributed by atoms with Gasteiger partial charge in [0.2, 0.25) is 18.3 Å². The Kier molecular flexibility index (Phi) is 5.51. The molecule has 170 valence electrons. The molecule has 2 aliphatic rings. The van der Waals surface area contributed by atoms with Gasteiger partial charge < -0.3 is 28.8 Å². The molecule has 0 saturated carbocycles. The smallest absolute Gasteiger partial charge is 0.290 e. The molecule has 0 unspecified atom stereocenters. The normalized spacial score (nSPS) is 17.2. The van der Waals surface area contributed by atoms with E-state index in [4.69, 9.17) is 14.2 Å². The second kappa shape index (κ2) is 8.62. The molecule has 2 aromatic heterocycles. The van der Waals surface area contributed by atoms with Gasteiger partial charge in [0.05, 0.1) is 29.9 Å². The first kappa shape index (κ1) is 21.1. The van der Waals surface area contributed by atoms with Crippen molar-refractivity contribution in [3.63, 3.8) is 0 Å². The topological polar surface area (TPSA) is 103 Å². The van der Waals surface area contributed by atoms with Crippen molar-refractivity contribution in [3.8, 4) is 17.2 Å². The third-order valence-electron chi connectivity index (χ3n) is 5.66. The number of aromatic nitrogens is 2. The van der Waals surface area contributed by atoms with Crippen molar-refractivity contribution in [3.05, 3.63) is 70.1 Å². The number of carbonyl (C=O) groups is 2. The van der Waals surface area contributed by atoms with Crippen molar-refractivity contribution >= 4 is 23.0 Å². The van der Waals surface area contributed by atoms with Crippen LogP contribution >= 0.6 is 11.3 Å². The molecule has 0 aliphatic carbocycles. The van der Waals surface area contributed by atoms with E-state index >= 15 is 0 Å². The van der Waals surface area contributed by atoms with E-state index in [1.54, 1.807) is 42.2 Å². The summed E-state index contributed by atoms with van der Waals surface area (Å²) in [5, 5.41) is 12.6. The summed E-state index contributed by atoms with van der Waals surface area (Å²) in [7, 11) is 1.51. The zero-order valence-corrected chi connectivity index (χ0v) is 18.6. The summed E-state index contributed by atoms with van der Waals surface area (Å²) < 4.78 is 18.4. The maximum absolute atomic E-state index is 13.4. The number of hydrogen-bond acceptors (Lipinski definition) is 8. The molecule has 33 heavy (non-hydrogen) atoms. The number of hydrogen-bond donors (Lipinski definition) is 1. The van der Waals surface area contributed by atoms with E-state index in [0.29, 0.717) is 47.2 Å². The summed E-state index contributed by atoms with van der Waals surface area (Å²) in [6.07, 6.45) is 5.84. The lowest BCUT2D eigenvalue weighted by atomic mass is 9.94. The SMILES string of the molecule is COc1cc([C@@H]2C(C(=O)c3cccs3)=C(O)C(=O)N2CCCn2ccnc2)cc2c1OCO2. The molecule has 9 nitrogen and oxygen atoms in total. The number of benzene rings is 1. The Bertz CT molecular complexity index is 1220. The molecule has 5 rings (SSSR count). The first-order valence-corrected chi connectivity index (χ1v) is 11.2. The van der Waals surface area contributed by atoms with Crippen LogP contribution in [0.5, 0.6) is 17.2 Å². The Hall–Kier alpha value is -3.79. The van der Waals surface area contributed by atoms with Crippen molar-refractivity contribution in [1.82, 2.24) is 14.5 Å². The molecule has 0 radical (unpaired) electrons. The monoisotopic (exact) mass is 467 g/mol.